The van der Waals surface area contributed by atoms with Crippen LogP contribution in [0.25, 0.3) is 33.5 Å². The molecule has 1 amide bonds. The predicted octanol–water partition coefficient (Wildman–Crippen LogP) is 5.03. The van der Waals surface area contributed by atoms with Gasteiger partial charge in [-0.2, -0.15) is 0 Å². The number of imidazole rings is 1. The molecule has 5 nitrogen and oxygen atoms in total. The van der Waals surface area contributed by atoms with Crippen molar-refractivity contribution in [1.29, 1.82) is 0 Å². The average Bonchev–Trinajstić information content (AvgIpc) is 3.50. The molecule has 1 aliphatic heterocycles. The highest BCUT2D eigenvalue weighted by Crippen LogP contribution is 2.26. The highest BCUT2D eigenvalue weighted by Gasteiger charge is 2.12. The third-order valence-electron chi connectivity index (χ3n) is 6.27. The molecule has 1 aliphatic rings. The minimum Gasteiger partial charge on any atom is -0.351 e. The zero-order chi connectivity index (χ0) is 21.9. The molecule has 3 aromatic carbocycles. The standard InChI is InChI=1S/C27H28N4O/c1-19-5-4-6-24-25(19)30-26(29-24)22-11-7-20(8-12-22)21-9-13-23(14-10-21)27(32)28-15-18-31-16-2-3-17-31/h4-14H,2-3,15-18H2,1H3,(H,28,32)(H,29,30). The van der Waals surface area contributed by atoms with Crippen molar-refractivity contribution in [3.8, 4) is 22.5 Å². The highest BCUT2D eigenvalue weighted by atomic mass is 16.1. The third-order valence-corrected chi connectivity index (χ3v) is 6.27. The zero-order valence-corrected chi connectivity index (χ0v) is 18.4. The van der Waals surface area contributed by atoms with Crippen LogP contribution in [0.4, 0.5) is 0 Å². The molecule has 1 saturated heterocycles. The normalized spacial score (nSPS) is 14.2. The van der Waals surface area contributed by atoms with E-state index in [0.29, 0.717) is 12.1 Å². The van der Waals surface area contributed by atoms with E-state index in [2.05, 4.69) is 58.5 Å². The topological polar surface area (TPSA) is 61.0 Å². The van der Waals surface area contributed by atoms with E-state index in [4.69, 9.17) is 4.98 Å². The molecular weight excluding hydrogens is 396 g/mol. The molecule has 162 valence electrons. The summed E-state index contributed by atoms with van der Waals surface area (Å²) in [6.07, 6.45) is 2.54. The fourth-order valence-corrected chi connectivity index (χ4v) is 4.38. The fraction of sp³-hybridized carbons (Fsp3) is 0.259. The zero-order valence-electron chi connectivity index (χ0n) is 18.4. The van der Waals surface area contributed by atoms with Gasteiger partial charge in [-0.1, -0.05) is 48.5 Å². The lowest BCUT2D eigenvalue weighted by Gasteiger charge is -2.14. The Morgan fingerprint density at radius 3 is 2.28 bits per heavy atom. The number of nitrogens with zero attached hydrogens (tertiary/aromatic N) is 2. The van der Waals surface area contributed by atoms with Gasteiger partial charge in [0.15, 0.2) is 0 Å². The van der Waals surface area contributed by atoms with E-state index in [1.165, 1.54) is 18.4 Å². The molecule has 0 bridgehead atoms. The van der Waals surface area contributed by atoms with Crippen molar-refractivity contribution < 1.29 is 4.79 Å². The number of hydrogen-bond acceptors (Lipinski definition) is 3. The van der Waals surface area contributed by atoms with Gasteiger partial charge in [0.05, 0.1) is 11.0 Å². The Morgan fingerprint density at radius 2 is 1.59 bits per heavy atom. The predicted molar refractivity (Wildman–Crippen MR) is 130 cm³/mol. The number of hydrogen-bond donors (Lipinski definition) is 2. The quantitative estimate of drug-likeness (QED) is 0.456. The van der Waals surface area contributed by atoms with Crippen LogP contribution in [0.3, 0.4) is 0 Å². The summed E-state index contributed by atoms with van der Waals surface area (Å²) in [5.41, 5.74) is 7.19. The van der Waals surface area contributed by atoms with Gasteiger partial charge in [0, 0.05) is 24.2 Å². The lowest BCUT2D eigenvalue weighted by atomic mass is 10.0. The molecule has 0 aliphatic carbocycles. The first-order chi connectivity index (χ1) is 15.7. The van der Waals surface area contributed by atoms with Crippen LogP contribution in [-0.2, 0) is 0 Å². The SMILES string of the molecule is Cc1cccc2[nH]c(-c3ccc(-c4ccc(C(=O)NCCN5CCCC5)cc4)cc3)nc12. The Kier molecular flexibility index (Phi) is 5.73. The van der Waals surface area contributed by atoms with Gasteiger partial charge in [0.1, 0.15) is 5.82 Å². The van der Waals surface area contributed by atoms with Gasteiger partial charge in [0.25, 0.3) is 5.91 Å². The van der Waals surface area contributed by atoms with Gasteiger partial charge in [-0.3, -0.25) is 4.79 Å². The molecule has 5 rings (SSSR count). The van der Waals surface area contributed by atoms with Crippen molar-refractivity contribution in [2.24, 2.45) is 0 Å². The number of para-hydroxylation sites is 1. The van der Waals surface area contributed by atoms with E-state index < -0.39 is 0 Å². The monoisotopic (exact) mass is 424 g/mol. The lowest BCUT2D eigenvalue weighted by Crippen LogP contribution is -2.33. The second kappa shape index (κ2) is 8.97. The van der Waals surface area contributed by atoms with Crippen LogP contribution in [0.15, 0.2) is 66.7 Å². The number of aryl methyl sites for hydroxylation is 1. The van der Waals surface area contributed by atoms with E-state index in [1.54, 1.807) is 0 Å². The molecule has 0 radical (unpaired) electrons. The van der Waals surface area contributed by atoms with Gasteiger partial charge in [-0.25, -0.2) is 4.98 Å². The molecule has 0 atom stereocenters. The first-order valence-corrected chi connectivity index (χ1v) is 11.3. The van der Waals surface area contributed by atoms with Crippen molar-refractivity contribution in [3.05, 3.63) is 77.9 Å². The first kappa shape index (κ1) is 20.5. The van der Waals surface area contributed by atoms with E-state index in [1.807, 2.05) is 30.3 Å². The van der Waals surface area contributed by atoms with Crippen molar-refractivity contribution in [3.63, 3.8) is 0 Å². The molecule has 0 unspecified atom stereocenters. The summed E-state index contributed by atoms with van der Waals surface area (Å²) in [6.45, 7) is 6.01. The molecule has 5 heteroatoms. The molecular formula is C27H28N4O. The molecule has 2 N–H and O–H groups in total. The van der Waals surface area contributed by atoms with Crippen molar-refractivity contribution in [1.82, 2.24) is 20.2 Å². The summed E-state index contributed by atoms with van der Waals surface area (Å²) in [5.74, 6) is 0.869. The fourth-order valence-electron chi connectivity index (χ4n) is 4.38. The Morgan fingerprint density at radius 1 is 0.938 bits per heavy atom. The van der Waals surface area contributed by atoms with Crippen molar-refractivity contribution >= 4 is 16.9 Å². The number of fused-ring (bicyclic) bond motifs is 1. The summed E-state index contributed by atoms with van der Waals surface area (Å²) in [4.78, 5) is 23.0. The summed E-state index contributed by atoms with van der Waals surface area (Å²) < 4.78 is 0. The van der Waals surface area contributed by atoms with E-state index in [0.717, 1.165) is 53.2 Å². The van der Waals surface area contributed by atoms with Gasteiger partial charge >= 0.3 is 0 Å². The van der Waals surface area contributed by atoms with Gasteiger partial charge in [-0.05, 0) is 67.7 Å². The van der Waals surface area contributed by atoms with Crippen LogP contribution in [0.5, 0.6) is 0 Å². The Balaban J connectivity index is 1.24. The van der Waals surface area contributed by atoms with Gasteiger partial charge < -0.3 is 15.2 Å². The summed E-state index contributed by atoms with van der Waals surface area (Å²) in [7, 11) is 0. The molecule has 1 aromatic heterocycles. The maximum Gasteiger partial charge on any atom is 0.251 e. The number of amides is 1. The maximum absolute atomic E-state index is 12.4. The van der Waals surface area contributed by atoms with Gasteiger partial charge in [0.2, 0.25) is 0 Å². The Labute approximate surface area is 188 Å². The van der Waals surface area contributed by atoms with Gasteiger partial charge in [-0.15, -0.1) is 0 Å². The summed E-state index contributed by atoms with van der Waals surface area (Å²) >= 11 is 0. The summed E-state index contributed by atoms with van der Waals surface area (Å²) in [6, 6.07) is 22.4. The molecule has 0 spiro atoms. The van der Waals surface area contributed by atoms with Crippen LogP contribution in [0, 0.1) is 6.92 Å². The number of benzene rings is 3. The molecule has 1 fully saturated rings. The highest BCUT2D eigenvalue weighted by molar-refractivity contribution is 5.94. The third kappa shape index (κ3) is 4.30. The minimum absolute atomic E-state index is 0.00808. The number of aromatic amines is 1. The number of carbonyl (C=O) groups excluding carboxylic acids is 1. The second-order valence-corrected chi connectivity index (χ2v) is 8.52. The van der Waals surface area contributed by atoms with E-state index in [9.17, 15) is 4.79 Å². The number of nitrogens with one attached hydrogen (secondary N) is 2. The Hall–Kier alpha value is -3.44. The van der Waals surface area contributed by atoms with E-state index >= 15 is 0 Å². The molecule has 2 heterocycles. The first-order valence-electron chi connectivity index (χ1n) is 11.3. The largest absolute Gasteiger partial charge is 0.351 e. The van der Waals surface area contributed by atoms with Crippen molar-refractivity contribution in [2.45, 2.75) is 19.8 Å². The molecule has 0 saturated carbocycles. The molecule has 4 aromatic rings. The lowest BCUT2D eigenvalue weighted by molar-refractivity contribution is 0.0950. The van der Waals surface area contributed by atoms with Crippen LogP contribution in [-0.4, -0.2) is 47.0 Å². The number of rotatable bonds is 6. The van der Waals surface area contributed by atoms with Crippen LogP contribution in [0.2, 0.25) is 0 Å². The number of likely N-dealkylation sites (tertiary alicyclic amines) is 1. The van der Waals surface area contributed by atoms with Crippen LogP contribution < -0.4 is 5.32 Å². The number of carbonyl (C=O) groups is 1. The second-order valence-electron chi connectivity index (χ2n) is 8.52. The minimum atomic E-state index is -0.00808. The molecule has 32 heavy (non-hydrogen) atoms. The Bertz CT molecular complexity index is 1220. The van der Waals surface area contributed by atoms with Crippen LogP contribution >= 0.6 is 0 Å². The summed E-state index contributed by atoms with van der Waals surface area (Å²) in [5, 5.41) is 3.03. The number of aromatic nitrogens is 2. The smallest absolute Gasteiger partial charge is 0.251 e. The van der Waals surface area contributed by atoms with Crippen molar-refractivity contribution in [2.75, 3.05) is 26.2 Å². The number of H-pyrrole nitrogens is 1. The maximum atomic E-state index is 12.4. The average molecular weight is 425 g/mol. The van der Waals surface area contributed by atoms with E-state index in [-0.39, 0.29) is 5.91 Å². The van der Waals surface area contributed by atoms with Crippen LogP contribution in [0.1, 0.15) is 28.8 Å².